The first-order chi connectivity index (χ1) is 16.9. The number of anilines is 1. The molecular weight excluding hydrogens is 490 g/mol. The molecule has 3 aromatic rings. The number of carbonyl (C=O) groups excluding carboxylic acids is 1. The first-order valence-corrected chi connectivity index (χ1v) is 10.1. The second-order valence-electron chi connectivity index (χ2n) is 7.30. The average Bonchev–Trinajstić information content (AvgIpc) is 2.81. The summed E-state index contributed by atoms with van der Waals surface area (Å²) in [6.45, 7) is 0. The highest BCUT2D eigenvalue weighted by Gasteiger charge is 2.32. The summed E-state index contributed by atoms with van der Waals surface area (Å²) in [6, 6.07) is 15.2. The van der Waals surface area contributed by atoms with Crippen molar-refractivity contribution in [3.05, 3.63) is 95.1 Å². The Kier molecular flexibility index (Phi) is 7.53. The van der Waals surface area contributed by atoms with Crippen LogP contribution in [0.2, 0.25) is 0 Å². The topological polar surface area (TPSA) is 91.7 Å². The largest absolute Gasteiger partial charge is 0.573 e. The zero-order valence-electron chi connectivity index (χ0n) is 18.1. The molecule has 2 N–H and O–H groups in total. The Morgan fingerprint density at radius 3 is 2.14 bits per heavy atom. The van der Waals surface area contributed by atoms with Crippen molar-refractivity contribution in [3.63, 3.8) is 0 Å². The van der Waals surface area contributed by atoms with Crippen LogP contribution in [0.25, 0.3) is 0 Å². The number of hydrazone groups is 1. The minimum absolute atomic E-state index is 0.000209. The molecule has 0 spiro atoms. The summed E-state index contributed by atoms with van der Waals surface area (Å²) >= 11 is 0. The number of alkyl halides is 6. The van der Waals surface area contributed by atoms with Gasteiger partial charge in [-0.3, -0.25) is 0 Å². The molecule has 3 rings (SSSR count). The average molecular weight is 506 g/mol. The van der Waals surface area contributed by atoms with Gasteiger partial charge in [-0.15, -0.1) is 13.2 Å². The molecule has 0 unspecified atom stereocenters. The Hall–Kier alpha value is -4.53. The Morgan fingerprint density at radius 1 is 0.972 bits per heavy atom. The van der Waals surface area contributed by atoms with Crippen molar-refractivity contribution < 1.29 is 35.9 Å². The molecule has 186 valence electrons. The van der Waals surface area contributed by atoms with E-state index in [1.807, 2.05) is 6.07 Å². The Morgan fingerprint density at radius 2 is 1.61 bits per heavy atom. The van der Waals surface area contributed by atoms with Crippen LogP contribution in [-0.4, -0.2) is 18.1 Å². The normalized spacial score (nSPS) is 12.1. The van der Waals surface area contributed by atoms with Gasteiger partial charge < -0.3 is 10.5 Å². The number of hydrogen-bond donors (Lipinski definition) is 1. The fourth-order valence-corrected chi connectivity index (χ4v) is 3.10. The molecule has 12 heteroatoms. The van der Waals surface area contributed by atoms with Gasteiger partial charge in [-0.25, -0.2) is 4.79 Å². The highest BCUT2D eigenvalue weighted by atomic mass is 19.4. The number of ether oxygens (including phenoxy) is 1. The zero-order valence-corrected chi connectivity index (χ0v) is 18.1. The third kappa shape index (κ3) is 6.99. The van der Waals surface area contributed by atoms with E-state index in [1.54, 1.807) is 12.1 Å². The van der Waals surface area contributed by atoms with Crippen LogP contribution in [0.15, 0.2) is 77.9 Å². The van der Waals surface area contributed by atoms with Crippen LogP contribution >= 0.6 is 0 Å². The first kappa shape index (κ1) is 26.1. The zero-order chi connectivity index (χ0) is 26.5. The monoisotopic (exact) mass is 506 g/mol. The van der Waals surface area contributed by atoms with Crippen molar-refractivity contribution in [1.29, 1.82) is 5.26 Å². The third-order valence-electron chi connectivity index (χ3n) is 4.72. The molecule has 36 heavy (non-hydrogen) atoms. The SMILES string of the molecule is N#Cc1ccc(C/C(=N\N(C(N)=O)c2ccc(OC(F)(F)F)cc2)c2cccc(C(F)(F)F)c2)cc1. The maximum absolute atomic E-state index is 13.3. The van der Waals surface area contributed by atoms with E-state index in [9.17, 15) is 31.1 Å². The van der Waals surface area contributed by atoms with Crippen LogP contribution in [-0.2, 0) is 12.6 Å². The van der Waals surface area contributed by atoms with Crippen molar-refractivity contribution in [2.45, 2.75) is 19.0 Å². The summed E-state index contributed by atoms with van der Waals surface area (Å²) in [5.74, 6) is -0.560. The summed E-state index contributed by atoms with van der Waals surface area (Å²) in [5.41, 5.74) is 5.35. The highest BCUT2D eigenvalue weighted by Crippen LogP contribution is 2.30. The van der Waals surface area contributed by atoms with Gasteiger partial charge in [0.05, 0.1) is 28.6 Å². The smallest absolute Gasteiger partial charge is 0.406 e. The summed E-state index contributed by atoms with van der Waals surface area (Å²) in [6.07, 6.45) is -9.64. The van der Waals surface area contributed by atoms with E-state index >= 15 is 0 Å². The van der Waals surface area contributed by atoms with E-state index in [0.29, 0.717) is 16.1 Å². The van der Waals surface area contributed by atoms with Gasteiger partial charge in [0.25, 0.3) is 0 Å². The van der Waals surface area contributed by atoms with Crippen molar-refractivity contribution in [2.24, 2.45) is 10.8 Å². The standard InChI is InChI=1S/C24H16F6N4O2/c25-23(26,27)18-3-1-2-17(13-18)21(12-15-4-6-16(14-31)7-5-15)33-34(22(32)35)19-8-10-20(11-9-19)36-24(28,29)30/h1-11,13H,12H2,(H2,32,35)/b33-21+. The van der Waals surface area contributed by atoms with E-state index < -0.39 is 29.9 Å². The molecule has 6 nitrogen and oxygen atoms in total. The molecule has 0 atom stereocenters. The molecular formula is C24H16F6N4O2. The van der Waals surface area contributed by atoms with Crippen molar-refractivity contribution >= 4 is 17.4 Å². The quantitative estimate of drug-likeness (QED) is 0.252. The molecule has 2 amide bonds. The van der Waals surface area contributed by atoms with Gasteiger partial charge in [-0.2, -0.15) is 28.5 Å². The molecule has 0 aliphatic rings. The predicted octanol–water partition coefficient (Wildman–Crippen LogP) is 6.01. The lowest BCUT2D eigenvalue weighted by atomic mass is 9.99. The molecule has 0 aliphatic carbocycles. The molecule has 0 saturated carbocycles. The third-order valence-corrected chi connectivity index (χ3v) is 4.72. The number of nitrogens with two attached hydrogens (primary N) is 1. The predicted molar refractivity (Wildman–Crippen MR) is 118 cm³/mol. The van der Waals surface area contributed by atoms with Crippen LogP contribution in [0.3, 0.4) is 0 Å². The Balaban J connectivity index is 2.06. The number of rotatable bonds is 6. The fourth-order valence-electron chi connectivity index (χ4n) is 3.10. The number of halogens is 6. The number of amides is 2. The fraction of sp³-hybridized carbons (Fsp3) is 0.125. The van der Waals surface area contributed by atoms with E-state index in [0.717, 1.165) is 36.4 Å². The van der Waals surface area contributed by atoms with Gasteiger partial charge >= 0.3 is 18.6 Å². The lowest BCUT2D eigenvalue weighted by Crippen LogP contribution is -2.32. The molecule has 0 fully saturated rings. The minimum Gasteiger partial charge on any atom is -0.406 e. The summed E-state index contributed by atoms with van der Waals surface area (Å²) in [5, 5.41) is 13.8. The van der Waals surface area contributed by atoms with Gasteiger partial charge in [-0.05, 0) is 59.7 Å². The molecule has 0 heterocycles. The maximum Gasteiger partial charge on any atom is 0.573 e. The van der Waals surface area contributed by atoms with Crippen LogP contribution in [0.4, 0.5) is 36.8 Å². The molecule has 3 aromatic carbocycles. The van der Waals surface area contributed by atoms with E-state index in [4.69, 9.17) is 11.0 Å². The van der Waals surface area contributed by atoms with Gasteiger partial charge in [0.1, 0.15) is 5.75 Å². The summed E-state index contributed by atoms with van der Waals surface area (Å²) in [4.78, 5) is 12.2. The molecule has 0 aromatic heterocycles. The number of nitriles is 1. The van der Waals surface area contributed by atoms with Crippen LogP contribution in [0.1, 0.15) is 22.3 Å². The van der Waals surface area contributed by atoms with Crippen molar-refractivity contribution in [1.82, 2.24) is 0 Å². The van der Waals surface area contributed by atoms with Crippen LogP contribution in [0.5, 0.6) is 5.75 Å². The van der Waals surface area contributed by atoms with E-state index in [2.05, 4.69) is 9.84 Å². The first-order valence-electron chi connectivity index (χ1n) is 10.1. The van der Waals surface area contributed by atoms with Crippen molar-refractivity contribution in [2.75, 3.05) is 5.01 Å². The molecule has 0 saturated heterocycles. The summed E-state index contributed by atoms with van der Waals surface area (Å²) in [7, 11) is 0. The number of benzene rings is 3. The van der Waals surface area contributed by atoms with E-state index in [1.165, 1.54) is 24.3 Å². The van der Waals surface area contributed by atoms with E-state index in [-0.39, 0.29) is 23.4 Å². The molecule has 0 radical (unpaired) electrons. The van der Waals surface area contributed by atoms with Crippen LogP contribution < -0.4 is 15.5 Å². The van der Waals surface area contributed by atoms with Gasteiger partial charge in [0.15, 0.2) is 0 Å². The number of hydrogen-bond acceptors (Lipinski definition) is 4. The lowest BCUT2D eigenvalue weighted by molar-refractivity contribution is -0.274. The lowest BCUT2D eigenvalue weighted by Gasteiger charge is -2.19. The highest BCUT2D eigenvalue weighted by molar-refractivity contribution is 6.04. The Bertz CT molecular complexity index is 1290. The minimum atomic E-state index is -4.93. The molecule has 0 bridgehead atoms. The number of carbonyl (C=O) groups is 1. The second-order valence-corrected chi connectivity index (χ2v) is 7.30. The summed E-state index contributed by atoms with van der Waals surface area (Å²) < 4.78 is 81.0. The molecule has 0 aliphatic heterocycles. The van der Waals surface area contributed by atoms with Gasteiger partial charge in [0.2, 0.25) is 0 Å². The van der Waals surface area contributed by atoms with Gasteiger partial charge in [-0.1, -0.05) is 24.3 Å². The maximum atomic E-state index is 13.3. The van der Waals surface area contributed by atoms with Crippen molar-refractivity contribution in [3.8, 4) is 11.8 Å². The Labute approximate surface area is 200 Å². The number of primary amides is 1. The number of urea groups is 1. The van der Waals surface area contributed by atoms with Crippen LogP contribution in [0, 0.1) is 11.3 Å². The second kappa shape index (κ2) is 10.4. The van der Waals surface area contributed by atoms with Gasteiger partial charge in [0, 0.05) is 6.42 Å². The number of nitrogens with zero attached hydrogens (tertiary/aromatic N) is 3.